The van der Waals surface area contributed by atoms with E-state index < -0.39 is 0 Å². The maximum atomic E-state index is 5.94. The highest BCUT2D eigenvalue weighted by molar-refractivity contribution is 14.0. The molecule has 2 aromatic carbocycles. The molecule has 1 N–H and O–H groups in total. The Kier molecular flexibility index (Phi) is 10.1. The SMILES string of the molecule is CN=C(NCCc1ccc(Cl)cc1)N1CCC(COCc2ccccc2)C1.I. The van der Waals surface area contributed by atoms with Crippen LogP contribution in [0.3, 0.4) is 0 Å². The third-order valence-electron chi connectivity index (χ3n) is 4.87. The summed E-state index contributed by atoms with van der Waals surface area (Å²) in [6.45, 7) is 4.37. The van der Waals surface area contributed by atoms with Gasteiger partial charge in [-0.3, -0.25) is 4.99 Å². The van der Waals surface area contributed by atoms with Crippen molar-refractivity contribution in [2.24, 2.45) is 10.9 Å². The molecule has 0 saturated carbocycles. The lowest BCUT2D eigenvalue weighted by Crippen LogP contribution is -2.41. The van der Waals surface area contributed by atoms with E-state index in [0.29, 0.717) is 12.5 Å². The predicted molar refractivity (Wildman–Crippen MR) is 128 cm³/mol. The summed E-state index contributed by atoms with van der Waals surface area (Å²) in [5.74, 6) is 1.54. The van der Waals surface area contributed by atoms with Gasteiger partial charge < -0.3 is 15.0 Å². The van der Waals surface area contributed by atoms with Crippen LogP contribution in [0.2, 0.25) is 5.02 Å². The number of hydrogen-bond donors (Lipinski definition) is 1. The minimum atomic E-state index is 0. The van der Waals surface area contributed by atoms with Crippen LogP contribution in [0.25, 0.3) is 0 Å². The van der Waals surface area contributed by atoms with Crippen LogP contribution in [-0.4, -0.2) is 44.1 Å². The van der Waals surface area contributed by atoms with Gasteiger partial charge in [-0.05, 0) is 36.1 Å². The highest BCUT2D eigenvalue weighted by Gasteiger charge is 2.24. The zero-order chi connectivity index (χ0) is 18.9. The van der Waals surface area contributed by atoms with Gasteiger partial charge in [0, 0.05) is 37.6 Å². The quantitative estimate of drug-likeness (QED) is 0.334. The van der Waals surface area contributed by atoms with E-state index in [0.717, 1.165) is 50.1 Å². The molecule has 3 rings (SSSR count). The second kappa shape index (κ2) is 12.3. The van der Waals surface area contributed by atoms with Crippen LogP contribution in [0, 0.1) is 5.92 Å². The molecular formula is C22H29ClIN3O. The van der Waals surface area contributed by atoms with Gasteiger partial charge in [-0.1, -0.05) is 54.1 Å². The first kappa shape index (κ1) is 23.0. The molecule has 0 amide bonds. The first-order valence-electron chi connectivity index (χ1n) is 9.56. The standard InChI is InChI=1S/C22H28ClN3O.HI/c1-24-22(25-13-11-18-7-9-21(23)10-8-18)26-14-12-20(15-26)17-27-16-19-5-3-2-4-6-19;/h2-10,20H,11-17H2,1H3,(H,24,25);1H. The summed E-state index contributed by atoms with van der Waals surface area (Å²) in [6.07, 6.45) is 2.10. The molecule has 1 saturated heterocycles. The van der Waals surface area contributed by atoms with Gasteiger partial charge in [-0.15, -0.1) is 24.0 Å². The molecule has 1 aliphatic rings. The van der Waals surface area contributed by atoms with Crippen molar-refractivity contribution in [3.8, 4) is 0 Å². The minimum absolute atomic E-state index is 0. The lowest BCUT2D eigenvalue weighted by molar-refractivity contribution is 0.0907. The van der Waals surface area contributed by atoms with E-state index in [1.165, 1.54) is 11.1 Å². The summed E-state index contributed by atoms with van der Waals surface area (Å²) in [5.41, 5.74) is 2.50. The average molecular weight is 514 g/mol. The molecule has 152 valence electrons. The second-order valence-corrected chi connectivity index (χ2v) is 7.39. The number of benzene rings is 2. The van der Waals surface area contributed by atoms with Gasteiger partial charge in [0.25, 0.3) is 0 Å². The molecule has 1 aliphatic heterocycles. The van der Waals surface area contributed by atoms with Crippen LogP contribution in [-0.2, 0) is 17.8 Å². The number of halogens is 2. The summed E-state index contributed by atoms with van der Waals surface area (Å²) >= 11 is 5.94. The lowest BCUT2D eigenvalue weighted by Gasteiger charge is -2.21. The van der Waals surface area contributed by atoms with E-state index in [-0.39, 0.29) is 24.0 Å². The molecule has 0 radical (unpaired) electrons. The zero-order valence-corrected chi connectivity index (χ0v) is 19.4. The van der Waals surface area contributed by atoms with Crippen molar-refractivity contribution in [3.63, 3.8) is 0 Å². The van der Waals surface area contributed by atoms with Crippen molar-refractivity contribution in [2.45, 2.75) is 19.4 Å². The minimum Gasteiger partial charge on any atom is -0.376 e. The number of nitrogens with zero attached hydrogens (tertiary/aromatic N) is 2. The molecule has 2 aromatic rings. The fourth-order valence-electron chi connectivity index (χ4n) is 3.38. The van der Waals surface area contributed by atoms with E-state index in [4.69, 9.17) is 16.3 Å². The number of hydrogen-bond acceptors (Lipinski definition) is 2. The number of nitrogens with one attached hydrogen (secondary N) is 1. The van der Waals surface area contributed by atoms with E-state index in [1.54, 1.807) is 0 Å². The van der Waals surface area contributed by atoms with Gasteiger partial charge in [-0.2, -0.15) is 0 Å². The number of guanidine groups is 1. The van der Waals surface area contributed by atoms with Gasteiger partial charge in [-0.25, -0.2) is 0 Å². The molecule has 4 nitrogen and oxygen atoms in total. The van der Waals surface area contributed by atoms with Crippen molar-refractivity contribution < 1.29 is 4.74 Å². The Hall–Kier alpha value is -1.31. The Morgan fingerprint density at radius 1 is 1.14 bits per heavy atom. The maximum absolute atomic E-state index is 5.94. The van der Waals surface area contributed by atoms with Crippen molar-refractivity contribution in [2.75, 3.05) is 33.3 Å². The van der Waals surface area contributed by atoms with Gasteiger partial charge in [0.05, 0.1) is 13.2 Å². The normalized spacial score (nSPS) is 16.7. The first-order valence-corrected chi connectivity index (χ1v) is 9.94. The topological polar surface area (TPSA) is 36.9 Å². The fraction of sp³-hybridized carbons (Fsp3) is 0.409. The van der Waals surface area contributed by atoms with E-state index in [2.05, 4.69) is 51.6 Å². The van der Waals surface area contributed by atoms with Crippen molar-refractivity contribution in [1.82, 2.24) is 10.2 Å². The van der Waals surface area contributed by atoms with Crippen molar-refractivity contribution >= 4 is 41.5 Å². The molecule has 0 bridgehead atoms. The molecule has 1 unspecified atom stereocenters. The molecular weight excluding hydrogens is 485 g/mol. The molecule has 1 fully saturated rings. The number of likely N-dealkylation sites (tertiary alicyclic amines) is 1. The number of rotatable bonds is 7. The number of aliphatic imine (C=N–C) groups is 1. The van der Waals surface area contributed by atoms with Gasteiger partial charge in [0.1, 0.15) is 0 Å². The number of ether oxygens (including phenoxy) is 1. The highest BCUT2D eigenvalue weighted by Crippen LogP contribution is 2.17. The zero-order valence-electron chi connectivity index (χ0n) is 16.3. The summed E-state index contributed by atoms with van der Waals surface area (Å²) < 4.78 is 5.92. The maximum Gasteiger partial charge on any atom is 0.193 e. The Labute approximate surface area is 190 Å². The fourth-order valence-corrected chi connectivity index (χ4v) is 3.51. The molecule has 0 aromatic heterocycles. The van der Waals surface area contributed by atoms with Crippen molar-refractivity contribution in [1.29, 1.82) is 0 Å². The van der Waals surface area contributed by atoms with Crippen molar-refractivity contribution in [3.05, 3.63) is 70.7 Å². The van der Waals surface area contributed by atoms with E-state index >= 15 is 0 Å². The van der Waals surface area contributed by atoms with Crippen LogP contribution in [0.4, 0.5) is 0 Å². The van der Waals surface area contributed by atoms with Crippen LogP contribution in [0.5, 0.6) is 0 Å². The molecule has 1 heterocycles. The molecule has 0 aliphatic carbocycles. The first-order chi connectivity index (χ1) is 13.2. The Balaban J connectivity index is 0.00000280. The lowest BCUT2D eigenvalue weighted by atomic mass is 10.1. The third kappa shape index (κ3) is 7.26. The van der Waals surface area contributed by atoms with Crippen LogP contribution in [0.1, 0.15) is 17.5 Å². The van der Waals surface area contributed by atoms with Gasteiger partial charge in [0.15, 0.2) is 5.96 Å². The Bertz CT molecular complexity index is 724. The second-order valence-electron chi connectivity index (χ2n) is 6.95. The van der Waals surface area contributed by atoms with Gasteiger partial charge >= 0.3 is 0 Å². The molecule has 0 spiro atoms. The summed E-state index contributed by atoms with van der Waals surface area (Å²) in [5, 5.41) is 4.26. The predicted octanol–water partition coefficient (Wildman–Crippen LogP) is 4.61. The highest BCUT2D eigenvalue weighted by atomic mass is 127. The molecule has 6 heteroatoms. The third-order valence-corrected chi connectivity index (χ3v) is 5.12. The van der Waals surface area contributed by atoms with E-state index in [1.807, 2.05) is 25.2 Å². The van der Waals surface area contributed by atoms with E-state index in [9.17, 15) is 0 Å². The average Bonchev–Trinajstić information content (AvgIpc) is 3.16. The Morgan fingerprint density at radius 2 is 1.89 bits per heavy atom. The van der Waals surface area contributed by atoms with Crippen LogP contribution in [0.15, 0.2) is 59.6 Å². The largest absolute Gasteiger partial charge is 0.376 e. The van der Waals surface area contributed by atoms with Crippen LogP contribution >= 0.6 is 35.6 Å². The molecule has 1 atom stereocenters. The van der Waals surface area contributed by atoms with Crippen LogP contribution < -0.4 is 5.32 Å². The molecule has 28 heavy (non-hydrogen) atoms. The van der Waals surface area contributed by atoms with Gasteiger partial charge in [0.2, 0.25) is 0 Å². The monoisotopic (exact) mass is 513 g/mol. The smallest absolute Gasteiger partial charge is 0.193 e. The Morgan fingerprint density at radius 3 is 2.61 bits per heavy atom. The summed E-state index contributed by atoms with van der Waals surface area (Å²) in [6, 6.07) is 18.4. The summed E-state index contributed by atoms with van der Waals surface area (Å²) in [7, 11) is 1.85. The summed E-state index contributed by atoms with van der Waals surface area (Å²) in [4.78, 5) is 6.78.